The lowest BCUT2D eigenvalue weighted by Gasteiger charge is -2.33. The summed E-state index contributed by atoms with van der Waals surface area (Å²) < 4.78 is 0. The lowest BCUT2D eigenvalue weighted by molar-refractivity contribution is 0.0910. The van der Waals surface area contributed by atoms with E-state index in [2.05, 4.69) is 70.9 Å². The van der Waals surface area contributed by atoms with Crippen LogP contribution < -0.4 is 5.32 Å². The molecule has 0 aromatic heterocycles. The maximum absolute atomic E-state index is 12.6. The Morgan fingerprint density at radius 3 is 2.06 bits per heavy atom. The van der Waals surface area contributed by atoms with Crippen molar-refractivity contribution in [1.29, 1.82) is 0 Å². The van der Waals surface area contributed by atoms with Gasteiger partial charge in [0.25, 0.3) is 5.91 Å². The molecule has 1 aliphatic rings. The predicted molar refractivity (Wildman–Crippen MR) is 133 cm³/mol. The SMILES string of the molecule is O=C(NC1CCN(CCC(c2ccccc2)c2ccccc2)CC1)c1ccc(Cl)cc1Cl. The van der Waals surface area contributed by atoms with E-state index in [4.69, 9.17) is 23.2 Å². The molecule has 0 unspecified atom stereocenters. The second kappa shape index (κ2) is 11.0. The Labute approximate surface area is 200 Å². The van der Waals surface area contributed by atoms with Crippen LogP contribution in [0.4, 0.5) is 0 Å². The number of piperidine rings is 1. The zero-order valence-electron chi connectivity index (χ0n) is 18.0. The Bertz CT molecular complexity index is 979. The number of likely N-dealkylation sites (tertiary alicyclic amines) is 1. The molecule has 4 rings (SSSR count). The van der Waals surface area contributed by atoms with Gasteiger partial charge in [0.15, 0.2) is 0 Å². The summed E-state index contributed by atoms with van der Waals surface area (Å²) in [5.41, 5.74) is 3.20. The van der Waals surface area contributed by atoms with Gasteiger partial charge in [0.05, 0.1) is 10.6 Å². The zero-order valence-corrected chi connectivity index (χ0v) is 19.5. The normalized spacial score (nSPS) is 15.1. The van der Waals surface area contributed by atoms with Crippen molar-refractivity contribution >= 4 is 29.1 Å². The Hall–Kier alpha value is -2.33. The van der Waals surface area contributed by atoms with Crippen molar-refractivity contribution in [1.82, 2.24) is 10.2 Å². The average molecular weight is 467 g/mol. The van der Waals surface area contributed by atoms with Gasteiger partial charge < -0.3 is 10.2 Å². The van der Waals surface area contributed by atoms with Crippen LogP contribution in [0.1, 0.15) is 46.7 Å². The molecule has 5 heteroatoms. The summed E-state index contributed by atoms with van der Waals surface area (Å²) >= 11 is 12.1. The molecule has 3 nitrogen and oxygen atoms in total. The third-order valence-electron chi connectivity index (χ3n) is 6.24. The van der Waals surface area contributed by atoms with Crippen molar-refractivity contribution in [3.63, 3.8) is 0 Å². The third kappa shape index (κ3) is 5.92. The first-order chi connectivity index (χ1) is 15.6. The van der Waals surface area contributed by atoms with Crippen LogP contribution in [-0.2, 0) is 0 Å². The van der Waals surface area contributed by atoms with E-state index in [-0.39, 0.29) is 11.9 Å². The highest BCUT2D eigenvalue weighted by Gasteiger charge is 2.23. The number of rotatable bonds is 7. The van der Waals surface area contributed by atoms with Gasteiger partial charge in [-0.25, -0.2) is 0 Å². The molecule has 1 fully saturated rings. The number of nitrogens with zero attached hydrogens (tertiary/aromatic N) is 1. The number of nitrogens with one attached hydrogen (secondary N) is 1. The van der Waals surface area contributed by atoms with Gasteiger partial charge in [0.1, 0.15) is 0 Å². The highest BCUT2D eigenvalue weighted by Crippen LogP contribution is 2.28. The van der Waals surface area contributed by atoms with Gasteiger partial charge in [-0.2, -0.15) is 0 Å². The molecule has 3 aromatic rings. The minimum atomic E-state index is -0.127. The topological polar surface area (TPSA) is 32.3 Å². The number of hydrogen-bond donors (Lipinski definition) is 1. The highest BCUT2D eigenvalue weighted by atomic mass is 35.5. The first kappa shape index (κ1) is 22.8. The maximum Gasteiger partial charge on any atom is 0.253 e. The van der Waals surface area contributed by atoms with Gasteiger partial charge in [-0.05, 0) is 55.1 Å². The Morgan fingerprint density at radius 1 is 0.906 bits per heavy atom. The molecule has 166 valence electrons. The standard InChI is InChI=1S/C27H28Cl2N2O/c28-22-11-12-25(26(29)19-22)27(32)30-23-13-16-31(17-14-23)18-15-24(20-7-3-1-4-8-20)21-9-5-2-6-10-21/h1-12,19,23-24H,13-18H2,(H,30,32). The van der Waals surface area contributed by atoms with Gasteiger partial charge in [0.2, 0.25) is 0 Å². The minimum Gasteiger partial charge on any atom is -0.349 e. The second-order valence-electron chi connectivity index (χ2n) is 8.38. The molecule has 1 heterocycles. The fraction of sp³-hybridized carbons (Fsp3) is 0.296. The summed E-state index contributed by atoms with van der Waals surface area (Å²) in [6.07, 6.45) is 2.96. The first-order valence-electron chi connectivity index (χ1n) is 11.2. The van der Waals surface area contributed by atoms with Crippen LogP contribution in [0.5, 0.6) is 0 Å². The summed E-state index contributed by atoms with van der Waals surface area (Å²) in [6, 6.07) is 26.7. The number of amides is 1. The van der Waals surface area contributed by atoms with E-state index >= 15 is 0 Å². The van der Waals surface area contributed by atoms with Crippen molar-refractivity contribution in [2.75, 3.05) is 19.6 Å². The van der Waals surface area contributed by atoms with Crippen LogP contribution in [0.15, 0.2) is 78.9 Å². The Morgan fingerprint density at radius 2 is 1.50 bits per heavy atom. The minimum absolute atomic E-state index is 0.127. The summed E-state index contributed by atoms with van der Waals surface area (Å²) in [5.74, 6) is 0.264. The molecule has 32 heavy (non-hydrogen) atoms. The molecule has 0 bridgehead atoms. The van der Waals surface area contributed by atoms with Crippen LogP contribution >= 0.6 is 23.2 Å². The summed E-state index contributed by atoms with van der Waals surface area (Å²) in [6.45, 7) is 3.00. The summed E-state index contributed by atoms with van der Waals surface area (Å²) in [5, 5.41) is 4.06. The van der Waals surface area contributed by atoms with Gasteiger partial charge >= 0.3 is 0 Å². The molecule has 0 spiro atoms. The highest BCUT2D eigenvalue weighted by molar-refractivity contribution is 6.36. The van der Waals surface area contributed by atoms with Crippen LogP contribution in [0.3, 0.4) is 0 Å². The molecule has 1 amide bonds. The lowest BCUT2D eigenvalue weighted by Crippen LogP contribution is -2.45. The monoisotopic (exact) mass is 466 g/mol. The fourth-order valence-electron chi connectivity index (χ4n) is 4.45. The molecule has 1 N–H and O–H groups in total. The van der Waals surface area contributed by atoms with Crippen LogP contribution in [-0.4, -0.2) is 36.5 Å². The summed E-state index contributed by atoms with van der Waals surface area (Å²) in [7, 11) is 0. The van der Waals surface area contributed by atoms with E-state index in [1.54, 1.807) is 18.2 Å². The summed E-state index contributed by atoms with van der Waals surface area (Å²) in [4.78, 5) is 15.1. The smallest absolute Gasteiger partial charge is 0.253 e. The van der Waals surface area contributed by atoms with E-state index in [0.717, 1.165) is 38.9 Å². The molecule has 0 saturated carbocycles. The van der Waals surface area contributed by atoms with E-state index < -0.39 is 0 Å². The third-order valence-corrected chi connectivity index (χ3v) is 6.78. The van der Waals surface area contributed by atoms with Crippen LogP contribution in [0.25, 0.3) is 0 Å². The molecule has 1 aliphatic heterocycles. The number of carbonyl (C=O) groups excluding carboxylic acids is 1. The molecule has 0 radical (unpaired) electrons. The molecule has 1 saturated heterocycles. The lowest BCUT2D eigenvalue weighted by atomic mass is 9.88. The average Bonchev–Trinajstić information content (AvgIpc) is 2.81. The molecular weight excluding hydrogens is 439 g/mol. The largest absolute Gasteiger partial charge is 0.349 e. The van der Waals surface area contributed by atoms with Crippen molar-refractivity contribution in [3.8, 4) is 0 Å². The van der Waals surface area contributed by atoms with E-state index in [0.29, 0.717) is 21.5 Å². The number of carbonyl (C=O) groups is 1. The zero-order chi connectivity index (χ0) is 22.3. The predicted octanol–water partition coefficient (Wildman–Crippen LogP) is 6.41. The van der Waals surface area contributed by atoms with E-state index in [1.807, 2.05) is 0 Å². The van der Waals surface area contributed by atoms with Crippen molar-refractivity contribution in [2.45, 2.75) is 31.2 Å². The molecule has 0 aliphatic carbocycles. The van der Waals surface area contributed by atoms with E-state index in [1.165, 1.54) is 11.1 Å². The van der Waals surface area contributed by atoms with Gasteiger partial charge in [-0.15, -0.1) is 0 Å². The Kier molecular flexibility index (Phi) is 7.85. The number of hydrogen-bond acceptors (Lipinski definition) is 2. The first-order valence-corrected chi connectivity index (χ1v) is 11.9. The van der Waals surface area contributed by atoms with Crippen molar-refractivity contribution in [3.05, 3.63) is 106 Å². The molecular formula is C27H28Cl2N2O. The number of benzene rings is 3. The van der Waals surface area contributed by atoms with Crippen molar-refractivity contribution < 1.29 is 4.79 Å². The fourth-order valence-corrected chi connectivity index (χ4v) is 4.94. The molecule has 0 atom stereocenters. The van der Waals surface area contributed by atoms with Crippen LogP contribution in [0, 0.1) is 0 Å². The number of halogens is 2. The van der Waals surface area contributed by atoms with Gasteiger partial charge in [-0.1, -0.05) is 83.9 Å². The van der Waals surface area contributed by atoms with Gasteiger partial charge in [0, 0.05) is 30.1 Å². The quantitative estimate of drug-likeness (QED) is 0.436. The van der Waals surface area contributed by atoms with Crippen molar-refractivity contribution in [2.24, 2.45) is 0 Å². The second-order valence-corrected chi connectivity index (χ2v) is 9.22. The maximum atomic E-state index is 12.6. The Balaban J connectivity index is 1.31. The molecule has 3 aromatic carbocycles. The van der Waals surface area contributed by atoms with E-state index in [9.17, 15) is 4.79 Å². The van der Waals surface area contributed by atoms with Gasteiger partial charge in [-0.3, -0.25) is 4.79 Å². The van der Waals surface area contributed by atoms with Crippen LogP contribution in [0.2, 0.25) is 10.0 Å².